The largest absolute Gasteiger partial charge is 0.334 e. The quantitative estimate of drug-likeness (QED) is 0.809. The van der Waals surface area contributed by atoms with E-state index < -0.39 is 9.84 Å². The van der Waals surface area contributed by atoms with Crippen molar-refractivity contribution in [1.82, 2.24) is 4.57 Å². The van der Waals surface area contributed by atoms with Crippen LogP contribution in [0.15, 0.2) is 29.2 Å². The smallest absolute Gasteiger partial charge is 0.188 e. The highest BCUT2D eigenvalue weighted by atomic mass is 35.5. The number of para-hydroxylation sites is 1. The molecule has 4 nitrogen and oxygen atoms in total. The molecule has 1 heterocycles. The molecule has 2 rings (SSSR count). The molecule has 110 valence electrons. The number of hydrogen-bond donors (Lipinski definition) is 0. The Bertz CT molecular complexity index is 858. The van der Waals surface area contributed by atoms with Crippen molar-refractivity contribution < 1.29 is 8.42 Å². The number of rotatable bonds is 4. The predicted molar refractivity (Wildman–Crippen MR) is 85.6 cm³/mol. The van der Waals surface area contributed by atoms with Crippen molar-refractivity contribution in [3.63, 3.8) is 0 Å². The molecule has 0 aliphatic rings. The van der Waals surface area contributed by atoms with Crippen molar-refractivity contribution in [3.8, 4) is 6.07 Å². The fraction of sp³-hybridized carbons (Fsp3) is 0.267. The van der Waals surface area contributed by atoms with Crippen molar-refractivity contribution in [3.05, 3.63) is 39.9 Å². The van der Waals surface area contributed by atoms with Crippen LogP contribution in [0.3, 0.4) is 0 Å². The molecule has 0 bridgehead atoms. The maximum absolute atomic E-state index is 12.1. The first kappa shape index (κ1) is 15.6. The maximum atomic E-state index is 12.1. The van der Waals surface area contributed by atoms with E-state index in [2.05, 4.69) is 0 Å². The summed E-state index contributed by atoms with van der Waals surface area (Å²) in [5, 5.41) is 10.4. The molecule has 0 saturated heterocycles. The van der Waals surface area contributed by atoms with Gasteiger partial charge in [-0.2, -0.15) is 5.26 Å². The lowest BCUT2D eigenvalue weighted by Gasteiger charge is -2.00. The zero-order valence-electron chi connectivity index (χ0n) is 11.8. The van der Waals surface area contributed by atoms with Gasteiger partial charge in [0, 0.05) is 23.5 Å². The van der Waals surface area contributed by atoms with Gasteiger partial charge in [0.15, 0.2) is 9.84 Å². The molecule has 0 spiro atoms. The second-order valence-electron chi connectivity index (χ2n) is 4.72. The van der Waals surface area contributed by atoms with Crippen LogP contribution in [0.25, 0.3) is 17.0 Å². The number of aromatic nitrogens is 1. The molecule has 0 radical (unpaired) electrons. The standard InChI is InChI=1S/C15H15ClN2O2S/c1-3-8-21(19,20)11(10-17)9-13-12-6-4-5-7-14(12)18(2)15(13)16/h4-7,9H,3,8H2,1-2H3. The number of hydrogen-bond acceptors (Lipinski definition) is 3. The second-order valence-corrected chi connectivity index (χ2v) is 7.16. The molecule has 0 aliphatic heterocycles. The van der Waals surface area contributed by atoms with Crippen LogP contribution in [-0.4, -0.2) is 18.7 Å². The van der Waals surface area contributed by atoms with Crippen molar-refractivity contribution in [2.45, 2.75) is 13.3 Å². The third kappa shape index (κ3) is 2.82. The summed E-state index contributed by atoms with van der Waals surface area (Å²) in [6.07, 6.45) is 1.83. The van der Waals surface area contributed by atoms with Gasteiger partial charge in [0.2, 0.25) is 0 Å². The van der Waals surface area contributed by atoms with E-state index >= 15 is 0 Å². The van der Waals surface area contributed by atoms with Gasteiger partial charge in [-0.3, -0.25) is 0 Å². The van der Waals surface area contributed by atoms with E-state index in [9.17, 15) is 13.7 Å². The summed E-state index contributed by atoms with van der Waals surface area (Å²) in [5.41, 5.74) is 1.45. The molecule has 0 unspecified atom stereocenters. The number of sulfone groups is 1. The third-order valence-corrected chi connectivity index (χ3v) is 5.55. The number of aryl methyl sites for hydroxylation is 1. The zero-order chi connectivity index (χ0) is 15.6. The molecule has 1 aromatic heterocycles. The second kappa shape index (κ2) is 5.92. The minimum atomic E-state index is -3.56. The number of fused-ring (bicyclic) bond motifs is 1. The van der Waals surface area contributed by atoms with Gasteiger partial charge in [0.1, 0.15) is 16.1 Å². The van der Waals surface area contributed by atoms with E-state index in [1.807, 2.05) is 24.3 Å². The van der Waals surface area contributed by atoms with Gasteiger partial charge in [0.05, 0.1) is 5.75 Å². The first-order chi connectivity index (χ1) is 9.92. The topological polar surface area (TPSA) is 62.9 Å². The molecule has 0 amide bonds. The van der Waals surface area contributed by atoms with Gasteiger partial charge >= 0.3 is 0 Å². The summed E-state index contributed by atoms with van der Waals surface area (Å²) < 4.78 is 25.9. The van der Waals surface area contributed by atoms with Gasteiger partial charge in [-0.15, -0.1) is 0 Å². The Labute approximate surface area is 129 Å². The van der Waals surface area contributed by atoms with Crippen LogP contribution in [0.5, 0.6) is 0 Å². The Balaban J connectivity index is 2.70. The van der Waals surface area contributed by atoms with Crippen LogP contribution in [0.1, 0.15) is 18.9 Å². The highest BCUT2D eigenvalue weighted by Gasteiger charge is 2.19. The predicted octanol–water partition coefficient (Wildman–Crippen LogP) is 3.52. The van der Waals surface area contributed by atoms with Gasteiger partial charge in [-0.25, -0.2) is 8.42 Å². The molecule has 2 aromatic rings. The zero-order valence-corrected chi connectivity index (χ0v) is 13.4. The molecule has 6 heteroatoms. The van der Waals surface area contributed by atoms with E-state index in [0.29, 0.717) is 17.1 Å². The summed E-state index contributed by atoms with van der Waals surface area (Å²) in [6.45, 7) is 1.76. The molecule has 0 saturated carbocycles. The third-order valence-electron chi connectivity index (χ3n) is 3.27. The van der Waals surface area contributed by atoms with Crippen LogP contribution >= 0.6 is 11.6 Å². The van der Waals surface area contributed by atoms with Crippen molar-refractivity contribution in [2.75, 3.05) is 5.75 Å². The SMILES string of the molecule is CCCS(=O)(=O)C(C#N)=Cc1c(Cl)n(C)c2ccccc12. The Morgan fingerprint density at radius 3 is 2.71 bits per heavy atom. The average molecular weight is 323 g/mol. The highest BCUT2D eigenvalue weighted by molar-refractivity contribution is 7.95. The molecule has 0 N–H and O–H groups in total. The van der Waals surface area contributed by atoms with E-state index in [0.717, 1.165) is 10.9 Å². The van der Waals surface area contributed by atoms with Crippen LogP contribution < -0.4 is 0 Å². The van der Waals surface area contributed by atoms with E-state index in [4.69, 9.17) is 11.6 Å². The van der Waals surface area contributed by atoms with Gasteiger partial charge < -0.3 is 4.57 Å². The molecule has 1 aromatic carbocycles. The summed E-state index contributed by atoms with van der Waals surface area (Å²) in [5.74, 6) is -0.0468. The van der Waals surface area contributed by atoms with Crippen LogP contribution in [0.2, 0.25) is 5.15 Å². The fourth-order valence-corrected chi connectivity index (χ4v) is 3.67. The number of halogens is 1. The average Bonchev–Trinajstić information content (AvgIpc) is 2.69. The Kier molecular flexibility index (Phi) is 4.40. The van der Waals surface area contributed by atoms with Crippen molar-refractivity contribution in [1.29, 1.82) is 5.26 Å². The van der Waals surface area contributed by atoms with Crippen LogP contribution in [0.4, 0.5) is 0 Å². The maximum Gasteiger partial charge on any atom is 0.188 e. The van der Waals surface area contributed by atoms with Gasteiger partial charge in [0.25, 0.3) is 0 Å². The molecular formula is C15H15ClN2O2S. The summed E-state index contributed by atoms with van der Waals surface area (Å²) in [4.78, 5) is -0.248. The minimum Gasteiger partial charge on any atom is -0.334 e. The Morgan fingerprint density at radius 1 is 1.43 bits per heavy atom. The van der Waals surface area contributed by atoms with Crippen molar-refractivity contribution >= 4 is 38.4 Å². The lowest BCUT2D eigenvalue weighted by Crippen LogP contribution is -2.07. The first-order valence-electron chi connectivity index (χ1n) is 6.49. The lowest BCUT2D eigenvalue weighted by molar-refractivity contribution is 0.602. The fourth-order valence-electron chi connectivity index (χ4n) is 2.23. The van der Waals surface area contributed by atoms with E-state index in [1.54, 1.807) is 24.6 Å². The molecule has 0 fully saturated rings. The monoisotopic (exact) mass is 322 g/mol. The minimum absolute atomic E-state index is 0.0468. The summed E-state index contributed by atoms with van der Waals surface area (Å²) >= 11 is 6.28. The van der Waals surface area contributed by atoms with Gasteiger partial charge in [-0.1, -0.05) is 36.7 Å². The van der Waals surface area contributed by atoms with Gasteiger partial charge in [-0.05, 0) is 18.6 Å². The number of nitrogens with zero attached hydrogens (tertiary/aromatic N) is 2. The van der Waals surface area contributed by atoms with Crippen LogP contribution in [0, 0.1) is 11.3 Å². The summed E-state index contributed by atoms with van der Waals surface area (Å²) in [6, 6.07) is 9.26. The Hall–Kier alpha value is -1.77. The number of nitriles is 1. The molecule has 21 heavy (non-hydrogen) atoms. The summed E-state index contributed by atoms with van der Waals surface area (Å²) in [7, 11) is -1.76. The lowest BCUT2D eigenvalue weighted by atomic mass is 10.1. The first-order valence-corrected chi connectivity index (χ1v) is 8.53. The number of allylic oxidation sites excluding steroid dienone is 1. The normalized spacial score (nSPS) is 12.6. The molecule has 0 aliphatic carbocycles. The number of benzene rings is 1. The Morgan fingerprint density at radius 2 is 2.10 bits per heavy atom. The molecule has 0 atom stereocenters. The molecular weight excluding hydrogens is 308 g/mol. The highest BCUT2D eigenvalue weighted by Crippen LogP contribution is 2.31. The van der Waals surface area contributed by atoms with E-state index in [-0.39, 0.29) is 10.7 Å². The van der Waals surface area contributed by atoms with Crippen LogP contribution in [-0.2, 0) is 16.9 Å². The van der Waals surface area contributed by atoms with E-state index in [1.165, 1.54) is 6.08 Å². The van der Waals surface area contributed by atoms with Crippen molar-refractivity contribution in [2.24, 2.45) is 7.05 Å².